The summed E-state index contributed by atoms with van der Waals surface area (Å²) in [6, 6.07) is 4.43. The van der Waals surface area contributed by atoms with Gasteiger partial charge < -0.3 is 0 Å². The van der Waals surface area contributed by atoms with Crippen LogP contribution in [0.5, 0.6) is 0 Å². The van der Waals surface area contributed by atoms with Crippen LogP contribution < -0.4 is 5.69 Å². The summed E-state index contributed by atoms with van der Waals surface area (Å²) in [4.78, 5) is 13.7. The summed E-state index contributed by atoms with van der Waals surface area (Å²) in [5.41, 5.74) is -1.31. The third kappa shape index (κ3) is 2.22. The van der Waals surface area contributed by atoms with Gasteiger partial charge >= 0.3 is 11.9 Å². The first-order chi connectivity index (χ1) is 7.88. The molecule has 0 radical (unpaired) electrons. The lowest BCUT2D eigenvalue weighted by molar-refractivity contribution is -0.137. The van der Waals surface area contributed by atoms with Gasteiger partial charge in [0.1, 0.15) is 5.82 Å². The molecule has 0 aliphatic heterocycles. The Morgan fingerprint density at radius 3 is 2.59 bits per heavy atom. The molecule has 0 fully saturated rings. The van der Waals surface area contributed by atoms with E-state index in [-0.39, 0.29) is 5.69 Å². The average molecular weight is 243 g/mol. The molecule has 0 unspecified atom stereocenters. The predicted octanol–water partition coefficient (Wildman–Crippen LogP) is 1.89. The van der Waals surface area contributed by atoms with Crippen molar-refractivity contribution in [3.05, 3.63) is 46.1 Å². The highest BCUT2D eigenvalue weighted by Crippen LogP contribution is 2.29. The molecule has 90 valence electrons. The number of aromatic amines is 1. The highest BCUT2D eigenvalue weighted by molar-refractivity contribution is 5.35. The van der Waals surface area contributed by atoms with Crippen LogP contribution >= 0.6 is 0 Å². The molecule has 7 heteroatoms. The maximum absolute atomic E-state index is 12.5. The van der Waals surface area contributed by atoms with E-state index in [1.165, 1.54) is 12.1 Å². The predicted molar refractivity (Wildman–Crippen MR) is 53.9 cm³/mol. The number of H-pyrrole nitrogens is 1. The van der Waals surface area contributed by atoms with Crippen molar-refractivity contribution < 1.29 is 13.2 Å². The summed E-state index contributed by atoms with van der Waals surface area (Å²) in [6.45, 7) is 1.55. The first kappa shape index (κ1) is 11.4. The first-order valence-electron chi connectivity index (χ1n) is 4.71. The van der Waals surface area contributed by atoms with Crippen LogP contribution in [-0.2, 0) is 6.18 Å². The minimum absolute atomic E-state index is 0.0779. The summed E-state index contributed by atoms with van der Waals surface area (Å²) in [6.07, 6.45) is -4.44. The van der Waals surface area contributed by atoms with E-state index in [0.717, 1.165) is 16.8 Å². The number of nitrogens with zero attached hydrogens (tertiary/aromatic N) is 2. The lowest BCUT2D eigenvalue weighted by Gasteiger charge is -2.07. The highest BCUT2D eigenvalue weighted by Gasteiger charge is 2.30. The molecule has 17 heavy (non-hydrogen) atoms. The Bertz CT molecular complexity index is 597. The molecule has 0 aliphatic rings. The van der Waals surface area contributed by atoms with Gasteiger partial charge in [0.2, 0.25) is 0 Å². The normalized spacial score (nSPS) is 11.8. The van der Waals surface area contributed by atoms with Gasteiger partial charge in [-0.2, -0.15) is 23.0 Å². The molecular formula is C10H8F3N3O. The third-order valence-electron chi connectivity index (χ3n) is 2.15. The van der Waals surface area contributed by atoms with Crippen LogP contribution in [0.1, 0.15) is 11.4 Å². The van der Waals surface area contributed by atoms with E-state index in [9.17, 15) is 18.0 Å². The standard InChI is InChI=1S/C10H8F3N3O/c1-6-14-9(17)16(15-6)8-4-2-3-7(5-8)10(11,12)13/h2-5H,1H3,(H,14,15,17). The number of aryl methyl sites for hydroxylation is 1. The van der Waals surface area contributed by atoms with Gasteiger partial charge in [-0.3, -0.25) is 4.98 Å². The monoisotopic (exact) mass is 243 g/mol. The molecule has 2 rings (SSSR count). The Labute approximate surface area is 93.7 Å². The zero-order valence-corrected chi connectivity index (χ0v) is 8.75. The van der Waals surface area contributed by atoms with Crippen LogP contribution in [0.15, 0.2) is 29.1 Å². The molecule has 1 aromatic heterocycles. The molecule has 0 saturated heterocycles. The summed E-state index contributed by atoms with van der Waals surface area (Å²) in [7, 11) is 0. The van der Waals surface area contributed by atoms with Gasteiger partial charge in [0, 0.05) is 0 Å². The van der Waals surface area contributed by atoms with Crippen molar-refractivity contribution in [1.82, 2.24) is 14.8 Å². The number of hydrogen-bond donors (Lipinski definition) is 1. The summed E-state index contributed by atoms with van der Waals surface area (Å²) < 4.78 is 38.3. The fourth-order valence-corrected chi connectivity index (χ4v) is 1.42. The highest BCUT2D eigenvalue weighted by atomic mass is 19.4. The summed E-state index contributed by atoms with van der Waals surface area (Å²) in [5, 5.41) is 3.78. The Morgan fingerprint density at radius 2 is 2.06 bits per heavy atom. The van der Waals surface area contributed by atoms with Gasteiger partial charge in [-0.05, 0) is 25.1 Å². The number of nitrogens with one attached hydrogen (secondary N) is 1. The molecule has 0 aliphatic carbocycles. The Kier molecular flexibility index (Phi) is 2.53. The van der Waals surface area contributed by atoms with Crippen molar-refractivity contribution in [2.24, 2.45) is 0 Å². The number of halogens is 3. The third-order valence-corrected chi connectivity index (χ3v) is 2.15. The van der Waals surface area contributed by atoms with Gasteiger partial charge in [0.15, 0.2) is 0 Å². The summed E-state index contributed by atoms with van der Waals surface area (Å²) in [5.74, 6) is 0.340. The van der Waals surface area contributed by atoms with Crippen LogP contribution in [0.3, 0.4) is 0 Å². The molecule has 0 amide bonds. The van der Waals surface area contributed by atoms with Crippen LogP contribution in [0.4, 0.5) is 13.2 Å². The number of benzene rings is 1. The van der Waals surface area contributed by atoms with Crippen molar-refractivity contribution >= 4 is 0 Å². The average Bonchev–Trinajstić information content (AvgIpc) is 2.57. The fourth-order valence-electron chi connectivity index (χ4n) is 1.42. The van der Waals surface area contributed by atoms with Gasteiger partial charge in [-0.1, -0.05) is 6.07 Å². The Balaban J connectivity index is 2.54. The Hall–Kier alpha value is -2.05. The lowest BCUT2D eigenvalue weighted by atomic mass is 10.2. The van der Waals surface area contributed by atoms with Gasteiger partial charge in [0.05, 0.1) is 11.3 Å². The van der Waals surface area contributed by atoms with Crippen molar-refractivity contribution in [2.75, 3.05) is 0 Å². The molecule has 0 spiro atoms. The second-order valence-electron chi connectivity index (χ2n) is 3.48. The number of alkyl halides is 3. The van der Waals surface area contributed by atoms with Gasteiger partial charge in [-0.25, -0.2) is 4.79 Å². The molecule has 1 heterocycles. The zero-order valence-electron chi connectivity index (χ0n) is 8.75. The van der Waals surface area contributed by atoms with Crippen molar-refractivity contribution in [2.45, 2.75) is 13.1 Å². The van der Waals surface area contributed by atoms with E-state index in [4.69, 9.17) is 0 Å². The largest absolute Gasteiger partial charge is 0.416 e. The second-order valence-corrected chi connectivity index (χ2v) is 3.48. The SMILES string of the molecule is Cc1nn(-c2cccc(C(F)(F)F)c2)c(=O)[nH]1. The number of aromatic nitrogens is 3. The first-order valence-corrected chi connectivity index (χ1v) is 4.71. The van der Waals surface area contributed by atoms with Crippen molar-refractivity contribution in [3.8, 4) is 5.69 Å². The van der Waals surface area contributed by atoms with E-state index in [2.05, 4.69) is 10.1 Å². The molecule has 1 N–H and O–H groups in total. The quantitative estimate of drug-likeness (QED) is 0.831. The van der Waals surface area contributed by atoms with Crippen molar-refractivity contribution in [1.29, 1.82) is 0 Å². The summed E-state index contributed by atoms with van der Waals surface area (Å²) >= 11 is 0. The van der Waals surface area contributed by atoms with Crippen LogP contribution in [0.25, 0.3) is 5.69 Å². The minimum atomic E-state index is -4.44. The van der Waals surface area contributed by atoms with E-state index in [1.807, 2.05) is 0 Å². The fraction of sp³-hybridized carbons (Fsp3) is 0.200. The number of hydrogen-bond acceptors (Lipinski definition) is 2. The number of rotatable bonds is 1. The lowest BCUT2D eigenvalue weighted by Crippen LogP contribution is -2.16. The molecule has 2 aromatic rings. The van der Waals surface area contributed by atoms with Crippen LogP contribution in [0, 0.1) is 6.92 Å². The van der Waals surface area contributed by atoms with Crippen LogP contribution in [0.2, 0.25) is 0 Å². The Morgan fingerprint density at radius 1 is 1.35 bits per heavy atom. The van der Waals surface area contributed by atoms with Crippen LogP contribution in [-0.4, -0.2) is 14.8 Å². The molecule has 0 saturated carbocycles. The molecular weight excluding hydrogens is 235 g/mol. The molecule has 0 atom stereocenters. The van der Waals surface area contributed by atoms with Crippen molar-refractivity contribution in [3.63, 3.8) is 0 Å². The van der Waals surface area contributed by atoms with E-state index >= 15 is 0 Å². The van der Waals surface area contributed by atoms with Gasteiger partial charge in [0.25, 0.3) is 0 Å². The van der Waals surface area contributed by atoms with Gasteiger partial charge in [-0.15, -0.1) is 0 Å². The maximum atomic E-state index is 12.5. The topological polar surface area (TPSA) is 50.7 Å². The minimum Gasteiger partial charge on any atom is -0.293 e. The zero-order chi connectivity index (χ0) is 12.6. The second kappa shape index (κ2) is 3.76. The van der Waals surface area contributed by atoms with E-state index < -0.39 is 17.4 Å². The smallest absolute Gasteiger partial charge is 0.293 e. The molecule has 0 bridgehead atoms. The molecule has 4 nitrogen and oxygen atoms in total. The van der Waals surface area contributed by atoms with E-state index in [0.29, 0.717) is 5.82 Å². The molecule has 1 aromatic carbocycles. The maximum Gasteiger partial charge on any atom is 0.416 e. The van der Waals surface area contributed by atoms with E-state index in [1.54, 1.807) is 6.92 Å².